The molecule has 4 heteroatoms. The molecule has 13 heavy (non-hydrogen) atoms. The fraction of sp³-hybridized carbons (Fsp3) is 0.111. The van der Waals surface area contributed by atoms with Crippen molar-refractivity contribution in [2.75, 3.05) is 6.26 Å². The van der Waals surface area contributed by atoms with Crippen LogP contribution in [0.4, 0.5) is 0 Å². The summed E-state index contributed by atoms with van der Waals surface area (Å²) in [5.41, 5.74) is 0.460. The summed E-state index contributed by atoms with van der Waals surface area (Å²) in [5.74, 6) is -0.486. The van der Waals surface area contributed by atoms with Crippen LogP contribution in [0.25, 0.3) is 0 Å². The molecule has 0 aliphatic rings. The molecule has 1 aromatic rings. The number of esters is 1. The lowest BCUT2D eigenvalue weighted by atomic mass is 10.2. The molecule has 0 atom stereocenters. The van der Waals surface area contributed by atoms with Gasteiger partial charge in [-0.3, -0.25) is 5.41 Å². The number of benzene rings is 1. The first-order valence-corrected chi connectivity index (χ1v) is 4.86. The maximum absolute atomic E-state index is 11.2. The molecule has 0 saturated carbocycles. The van der Waals surface area contributed by atoms with Gasteiger partial charge in [-0.25, -0.2) is 4.79 Å². The number of hydrogen-bond donors (Lipinski definition) is 1. The first-order chi connectivity index (χ1) is 6.24. The highest BCUT2D eigenvalue weighted by Crippen LogP contribution is 2.04. The maximum Gasteiger partial charge on any atom is 0.345 e. The predicted molar refractivity (Wildman–Crippen MR) is 53.1 cm³/mol. The Hall–Kier alpha value is -1.29. The van der Waals surface area contributed by atoms with Crippen LogP contribution in [0.1, 0.15) is 10.4 Å². The van der Waals surface area contributed by atoms with Gasteiger partial charge < -0.3 is 4.74 Å². The van der Waals surface area contributed by atoms with Crippen molar-refractivity contribution >= 4 is 23.0 Å². The third-order valence-corrected chi connectivity index (χ3v) is 1.83. The number of rotatable bonds is 1. The Kier molecular flexibility index (Phi) is 3.52. The highest BCUT2D eigenvalue weighted by atomic mass is 32.2. The molecule has 0 aliphatic heterocycles. The van der Waals surface area contributed by atoms with Crippen molar-refractivity contribution in [1.82, 2.24) is 0 Å². The van der Waals surface area contributed by atoms with Crippen LogP contribution in [0.15, 0.2) is 30.3 Å². The van der Waals surface area contributed by atoms with Crippen LogP contribution in [-0.4, -0.2) is 17.5 Å². The number of carbonyl (C=O) groups is 1. The molecule has 0 radical (unpaired) electrons. The van der Waals surface area contributed by atoms with Crippen LogP contribution in [-0.2, 0) is 4.74 Å². The minimum Gasteiger partial charge on any atom is -0.398 e. The summed E-state index contributed by atoms with van der Waals surface area (Å²) >= 11 is 1.09. The van der Waals surface area contributed by atoms with E-state index >= 15 is 0 Å². The van der Waals surface area contributed by atoms with E-state index in [0.717, 1.165) is 11.8 Å². The van der Waals surface area contributed by atoms with Crippen LogP contribution in [0.3, 0.4) is 0 Å². The van der Waals surface area contributed by atoms with E-state index in [1.54, 1.807) is 30.5 Å². The Balaban J connectivity index is 2.65. The molecular weight excluding hydrogens is 186 g/mol. The molecule has 1 rings (SSSR count). The van der Waals surface area contributed by atoms with Crippen molar-refractivity contribution in [3.63, 3.8) is 0 Å². The number of nitrogens with one attached hydrogen (secondary N) is 1. The summed E-state index contributed by atoms with van der Waals surface area (Å²) < 4.78 is 4.69. The van der Waals surface area contributed by atoms with Crippen LogP contribution < -0.4 is 0 Å². The van der Waals surface area contributed by atoms with Gasteiger partial charge in [0.1, 0.15) is 0 Å². The highest BCUT2D eigenvalue weighted by molar-refractivity contribution is 8.12. The van der Waals surface area contributed by atoms with Gasteiger partial charge in [0, 0.05) is 0 Å². The van der Waals surface area contributed by atoms with E-state index in [1.807, 2.05) is 6.07 Å². The Labute approximate surface area is 80.6 Å². The van der Waals surface area contributed by atoms with Crippen molar-refractivity contribution < 1.29 is 9.53 Å². The van der Waals surface area contributed by atoms with Crippen LogP contribution >= 0.6 is 11.8 Å². The number of carbonyl (C=O) groups excluding carboxylic acids is 1. The third kappa shape index (κ3) is 2.91. The average Bonchev–Trinajstić information content (AvgIpc) is 2.19. The second-order valence-corrected chi connectivity index (χ2v) is 3.03. The van der Waals surface area contributed by atoms with Crippen molar-refractivity contribution in [2.45, 2.75) is 0 Å². The first kappa shape index (κ1) is 9.80. The summed E-state index contributed by atoms with van der Waals surface area (Å²) in [5, 5.41) is 7.05. The zero-order chi connectivity index (χ0) is 9.68. The molecule has 3 nitrogen and oxygen atoms in total. The molecular formula is C9H9NO2S. The van der Waals surface area contributed by atoms with E-state index in [0.29, 0.717) is 5.56 Å². The predicted octanol–water partition coefficient (Wildman–Crippen LogP) is 2.14. The van der Waals surface area contributed by atoms with Gasteiger partial charge in [-0.2, -0.15) is 0 Å². The lowest BCUT2D eigenvalue weighted by Gasteiger charge is -2.01. The monoisotopic (exact) mass is 195 g/mol. The molecule has 0 heterocycles. The quantitative estimate of drug-likeness (QED) is 0.424. The summed E-state index contributed by atoms with van der Waals surface area (Å²) in [7, 11) is 0. The fourth-order valence-corrected chi connectivity index (χ4v) is 0.918. The molecule has 0 fully saturated rings. The van der Waals surface area contributed by atoms with Crippen molar-refractivity contribution in [3.05, 3.63) is 35.9 Å². The van der Waals surface area contributed by atoms with Gasteiger partial charge in [0.2, 0.25) is 0 Å². The second-order valence-electron chi connectivity index (χ2n) is 2.25. The van der Waals surface area contributed by atoms with Crippen molar-refractivity contribution in [1.29, 1.82) is 5.41 Å². The van der Waals surface area contributed by atoms with E-state index in [4.69, 9.17) is 10.1 Å². The van der Waals surface area contributed by atoms with E-state index in [-0.39, 0.29) is 5.23 Å². The molecule has 0 spiro atoms. The van der Waals surface area contributed by atoms with E-state index < -0.39 is 5.97 Å². The fourth-order valence-electron chi connectivity index (χ4n) is 0.759. The van der Waals surface area contributed by atoms with Crippen LogP contribution in [0.5, 0.6) is 0 Å². The topological polar surface area (TPSA) is 50.1 Å². The lowest BCUT2D eigenvalue weighted by molar-refractivity contribution is 0.0722. The summed E-state index contributed by atoms with van der Waals surface area (Å²) in [6.07, 6.45) is 1.68. The minimum absolute atomic E-state index is 0.0890. The van der Waals surface area contributed by atoms with Gasteiger partial charge in [-0.05, 0) is 18.4 Å². The van der Waals surface area contributed by atoms with Gasteiger partial charge in [0.05, 0.1) is 5.56 Å². The lowest BCUT2D eigenvalue weighted by Crippen LogP contribution is -2.08. The Morgan fingerprint density at radius 2 is 2.00 bits per heavy atom. The molecule has 1 N–H and O–H groups in total. The van der Waals surface area contributed by atoms with Crippen molar-refractivity contribution in [2.24, 2.45) is 0 Å². The van der Waals surface area contributed by atoms with Crippen LogP contribution in [0, 0.1) is 5.41 Å². The highest BCUT2D eigenvalue weighted by Gasteiger charge is 2.07. The minimum atomic E-state index is -0.486. The number of thioether (sulfide) groups is 1. The molecule has 68 valence electrons. The molecule has 1 aromatic carbocycles. The largest absolute Gasteiger partial charge is 0.398 e. The summed E-state index contributed by atoms with van der Waals surface area (Å²) in [6, 6.07) is 8.61. The zero-order valence-corrected chi connectivity index (χ0v) is 7.93. The van der Waals surface area contributed by atoms with E-state index in [9.17, 15) is 4.79 Å². The van der Waals surface area contributed by atoms with Gasteiger partial charge in [0.15, 0.2) is 0 Å². The van der Waals surface area contributed by atoms with E-state index in [2.05, 4.69) is 0 Å². The molecule has 0 bridgehead atoms. The third-order valence-electron chi connectivity index (χ3n) is 1.38. The molecule has 0 aromatic heterocycles. The van der Waals surface area contributed by atoms with Gasteiger partial charge in [-0.15, -0.1) is 0 Å². The van der Waals surface area contributed by atoms with Gasteiger partial charge in [-0.1, -0.05) is 30.0 Å². The smallest absolute Gasteiger partial charge is 0.345 e. The number of ether oxygens (including phenoxy) is 1. The van der Waals surface area contributed by atoms with E-state index in [1.165, 1.54) is 0 Å². The standard InChI is InChI=1S/C9H9NO2S/c1-13-9(10)12-8(11)7-5-3-2-4-6-7/h2-6,10H,1H3. The summed E-state index contributed by atoms with van der Waals surface area (Å²) in [4.78, 5) is 11.2. The first-order valence-electron chi connectivity index (χ1n) is 3.64. The van der Waals surface area contributed by atoms with Gasteiger partial charge >= 0.3 is 5.97 Å². The molecule has 0 saturated heterocycles. The Bertz CT molecular complexity index is 311. The summed E-state index contributed by atoms with van der Waals surface area (Å²) in [6.45, 7) is 0. The van der Waals surface area contributed by atoms with Gasteiger partial charge in [0.25, 0.3) is 5.23 Å². The zero-order valence-electron chi connectivity index (χ0n) is 7.11. The maximum atomic E-state index is 11.2. The normalized spacial score (nSPS) is 9.31. The van der Waals surface area contributed by atoms with Crippen LogP contribution in [0.2, 0.25) is 0 Å². The average molecular weight is 195 g/mol. The Morgan fingerprint density at radius 1 is 1.38 bits per heavy atom. The molecule has 0 amide bonds. The molecule has 0 unspecified atom stereocenters. The van der Waals surface area contributed by atoms with Crippen molar-refractivity contribution in [3.8, 4) is 0 Å². The Morgan fingerprint density at radius 3 is 2.54 bits per heavy atom. The molecule has 0 aliphatic carbocycles. The SMILES string of the molecule is CSC(=N)OC(=O)c1ccccc1. The second kappa shape index (κ2) is 4.67. The number of hydrogen-bond acceptors (Lipinski definition) is 4.